The van der Waals surface area contributed by atoms with Crippen molar-refractivity contribution in [2.24, 2.45) is 5.92 Å². The SMILES string of the molecule is CCNC1(C(=O)OC)CCC(N(CC(C)C)C(C)C)C1. The van der Waals surface area contributed by atoms with Crippen LogP contribution in [0.25, 0.3) is 0 Å². The van der Waals surface area contributed by atoms with Crippen LogP contribution in [0.4, 0.5) is 0 Å². The van der Waals surface area contributed by atoms with Crippen LogP contribution in [0.2, 0.25) is 0 Å². The molecule has 4 nitrogen and oxygen atoms in total. The van der Waals surface area contributed by atoms with E-state index in [2.05, 4.69) is 37.9 Å². The van der Waals surface area contributed by atoms with E-state index in [9.17, 15) is 4.79 Å². The van der Waals surface area contributed by atoms with Gasteiger partial charge in [0.25, 0.3) is 0 Å². The maximum absolute atomic E-state index is 12.2. The second kappa shape index (κ2) is 7.41. The molecule has 1 fully saturated rings. The number of rotatable bonds is 7. The quantitative estimate of drug-likeness (QED) is 0.729. The Balaban J connectivity index is 2.82. The maximum Gasteiger partial charge on any atom is 0.326 e. The molecule has 0 radical (unpaired) electrons. The molecule has 0 amide bonds. The number of carbonyl (C=O) groups excluding carboxylic acids is 1. The van der Waals surface area contributed by atoms with E-state index in [1.165, 1.54) is 7.11 Å². The minimum absolute atomic E-state index is 0.102. The first-order valence-electron chi connectivity index (χ1n) is 7.95. The number of ether oxygens (including phenoxy) is 1. The molecule has 0 aromatic carbocycles. The van der Waals surface area contributed by atoms with Crippen LogP contribution >= 0.6 is 0 Å². The van der Waals surface area contributed by atoms with E-state index in [1.54, 1.807) is 0 Å². The summed E-state index contributed by atoms with van der Waals surface area (Å²) in [6, 6.07) is 0.980. The van der Waals surface area contributed by atoms with Gasteiger partial charge in [0.15, 0.2) is 0 Å². The Morgan fingerprint density at radius 1 is 1.40 bits per heavy atom. The Hall–Kier alpha value is -0.610. The van der Waals surface area contributed by atoms with Crippen molar-refractivity contribution >= 4 is 5.97 Å². The summed E-state index contributed by atoms with van der Waals surface area (Å²) in [7, 11) is 1.49. The third-order valence-electron chi connectivity index (χ3n) is 4.29. The second-order valence-electron chi connectivity index (χ2n) is 6.69. The fourth-order valence-corrected chi connectivity index (χ4v) is 3.46. The van der Waals surface area contributed by atoms with Gasteiger partial charge in [-0.2, -0.15) is 0 Å². The highest BCUT2D eigenvalue weighted by molar-refractivity contribution is 5.81. The van der Waals surface area contributed by atoms with Crippen molar-refractivity contribution in [1.29, 1.82) is 0 Å². The van der Waals surface area contributed by atoms with Gasteiger partial charge in [-0.25, -0.2) is 0 Å². The van der Waals surface area contributed by atoms with Crippen molar-refractivity contribution in [3.63, 3.8) is 0 Å². The number of carbonyl (C=O) groups is 1. The smallest absolute Gasteiger partial charge is 0.326 e. The van der Waals surface area contributed by atoms with E-state index in [-0.39, 0.29) is 5.97 Å². The normalized spacial score (nSPS) is 26.8. The molecule has 2 unspecified atom stereocenters. The molecule has 0 spiro atoms. The molecule has 1 aliphatic rings. The monoisotopic (exact) mass is 284 g/mol. The first-order valence-corrected chi connectivity index (χ1v) is 7.95. The van der Waals surface area contributed by atoms with Crippen LogP contribution in [0.5, 0.6) is 0 Å². The Morgan fingerprint density at radius 3 is 2.50 bits per heavy atom. The van der Waals surface area contributed by atoms with E-state index in [0.717, 1.165) is 32.4 Å². The van der Waals surface area contributed by atoms with Crippen molar-refractivity contribution < 1.29 is 9.53 Å². The number of hydrogen-bond donors (Lipinski definition) is 1. The molecule has 2 atom stereocenters. The van der Waals surface area contributed by atoms with Crippen LogP contribution in [0, 0.1) is 5.92 Å². The summed E-state index contributed by atoms with van der Waals surface area (Å²) in [5, 5.41) is 3.38. The molecule has 1 saturated carbocycles. The zero-order valence-electron chi connectivity index (χ0n) is 14.0. The van der Waals surface area contributed by atoms with Crippen molar-refractivity contribution in [2.75, 3.05) is 20.2 Å². The summed E-state index contributed by atoms with van der Waals surface area (Å²) in [4.78, 5) is 14.7. The van der Waals surface area contributed by atoms with Gasteiger partial charge in [0.2, 0.25) is 0 Å². The topological polar surface area (TPSA) is 41.6 Å². The fraction of sp³-hybridized carbons (Fsp3) is 0.938. The molecule has 4 heteroatoms. The molecule has 0 aliphatic heterocycles. The van der Waals surface area contributed by atoms with Crippen LogP contribution < -0.4 is 5.32 Å². The predicted molar refractivity (Wildman–Crippen MR) is 82.7 cm³/mol. The molecular weight excluding hydrogens is 252 g/mol. The van der Waals surface area contributed by atoms with Crippen molar-refractivity contribution in [3.8, 4) is 0 Å². The molecule has 1 rings (SSSR count). The Kier molecular flexibility index (Phi) is 6.46. The number of likely N-dealkylation sites (N-methyl/N-ethyl adjacent to an activating group) is 1. The first kappa shape index (κ1) is 17.4. The largest absolute Gasteiger partial charge is 0.468 e. The summed E-state index contributed by atoms with van der Waals surface area (Å²) in [6.45, 7) is 12.9. The number of nitrogens with one attached hydrogen (secondary N) is 1. The molecular formula is C16H32N2O2. The molecule has 0 bridgehead atoms. The van der Waals surface area contributed by atoms with Gasteiger partial charge < -0.3 is 10.1 Å². The Labute approximate surface area is 124 Å². The van der Waals surface area contributed by atoms with Gasteiger partial charge in [0.1, 0.15) is 5.54 Å². The minimum Gasteiger partial charge on any atom is -0.468 e. The summed E-state index contributed by atoms with van der Waals surface area (Å²) in [5.41, 5.74) is -0.474. The van der Waals surface area contributed by atoms with E-state index < -0.39 is 5.54 Å². The van der Waals surface area contributed by atoms with Crippen molar-refractivity contribution in [1.82, 2.24) is 10.2 Å². The lowest BCUT2D eigenvalue weighted by Crippen LogP contribution is -2.52. The van der Waals surface area contributed by atoms with Gasteiger partial charge in [-0.05, 0) is 45.6 Å². The summed E-state index contributed by atoms with van der Waals surface area (Å²) < 4.78 is 5.04. The van der Waals surface area contributed by atoms with E-state index in [1.807, 2.05) is 6.92 Å². The number of methoxy groups -OCH3 is 1. The van der Waals surface area contributed by atoms with E-state index >= 15 is 0 Å². The van der Waals surface area contributed by atoms with Crippen molar-refractivity contribution in [2.45, 2.75) is 71.5 Å². The fourth-order valence-electron chi connectivity index (χ4n) is 3.46. The zero-order valence-corrected chi connectivity index (χ0v) is 14.0. The Morgan fingerprint density at radius 2 is 2.05 bits per heavy atom. The molecule has 118 valence electrons. The third kappa shape index (κ3) is 3.95. The number of esters is 1. The molecule has 1 aliphatic carbocycles. The minimum atomic E-state index is -0.474. The standard InChI is InChI=1S/C16H32N2O2/c1-7-17-16(15(19)20-6)9-8-14(10-16)18(13(4)5)11-12(2)3/h12-14,17H,7-11H2,1-6H3. The van der Waals surface area contributed by atoms with Crippen LogP contribution in [-0.4, -0.2) is 48.7 Å². The van der Waals surface area contributed by atoms with Gasteiger partial charge in [-0.15, -0.1) is 0 Å². The van der Waals surface area contributed by atoms with Crippen molar-refractivity contribution in [3.05, 3.63) is 0 Å². The zero-order chi connectivity index (χ0) is 15.3. The van der Waals surface area contributed by atoms with Gasteiger partial charge in [-0.1, -0.05) is 20.8 Å². The van der Waals surface area contributed by atoms with Gasteiger partial charge >= 0.3 is 5.97 Å². The predicted octanol–water partition coefficient (Wildman–Crippen LogP) is 2.43. The average molecular weight is 284 g/mol. The van der Waals surface area contributed by atoms with Gasteiger partial charge in [0, 0.05) is 18.6 Å². The molecule has 20 heavy (non-hydrogen) atoms. The van der Waals surface area contributed by atoms with Crippen LogP contribution in [0.3, 0.4) is 0 Å². The molecule has 0 saturated heterocycles. The molecule has 0 heterocycles. The molecule has 0 aromatic heterocycles. The van der Waals surface area contributed by atoms with E-state index in [0.29, 0.717) is 18.0 Å². The number of hydrogen-bond acceptors (Lipinski definition) is 4. The van der Waals surface area contributed by atoms with Crippen LogP contribution in [-0.2, 0) is 9.53 Å². The summed E-state index contributed by atoms with van der Waals surface area (Å²) in [6.07, 6.45) is 2.80. The molecule has 0 aromatic rings. The van der Waals surface area contributed by atoms with Crippen LogP contribution in [0.1, 0.15) is 53.9 Å². The van der Waals surface area contributed by atoms with E-state index in [4.69, 9.17) is 4.74 Å². The summed E-state index contributed by atoms with van der Waals surface area (Å²) in [5.74, 6) is 0.541. The maximum atomic E-state index is 12.2. The van der Waals surface area contributed by atoms with Gasteiger partial charge in [-0.3, -0.25) is 9.69 Å². The molecule has 1 N–H and O–H groups in total. The second-order valence-corrected chi connectivity index (χ2v) is 6.69. The lowest BCUT2D eigenvalue weighted by Gasteiger charge is -2.35. The number of nitrogens with zero attached hydrogens (tertiary/aromatic N) is 1. The lowest BCUT2D eigenvalue weighted by molar-refractivity contribution is -0.148. The Bertz CT molecular complexity index is 318. The van der Waals surface area contributed by atoms with Crippen LogP contribution in [0.15, 0.2) is 0 Å². The highest BCUT2D eigenvalue weighted by Gasteiger charge is 2.47. The third-order valence-corrected chi connectivity index (χ3v) is 4.29. The highest BCUT2D eigenvalue weighted by Crippen LogP contribution is 2.35. The lowest BCUT2D eigenvalue weighted by atomic mass is 9.96. The first-order chi connectivity index (χ1) is 9.36. The van der Waals surface area contributed by atoms with Gasteiger partial charge in [0.05, 0.1) is 7.11 Å². The summed E-state index contributed by atoms with van der Waals surface area (Å²) >= 11 is 0. The average Bonchev–Trinajstić information content (AvgIpc) is 2.80. The highest BCUT2D eigenvalue weighted by atomic mass is 16.5.